The van der Waals surface area contributed by atoms with Crippen LogP contribution in [0, 0.1) is 0 Å². The van der Waals surface area contributed by atoms with Crippen LogP contribution in [0.1, 0.15) is 11.9 Å². The topological polar surface area (TPSA) is 124 Å². The molecule has 1 aliphatic heterocycles. The van der Waals surface area contributed by atoms with Gasteiger partial charge in [0.1, 0.15) is 42.1 Å². The maximum absolute atomic E-state index is 9.86. The summed E-state index contributed by atoms with van der Waals surface area (Å²) in [5, 5.41) is 28.5. The number of fused-ring (bicyclic) bond motifs is 1. The predicted octanol–water partition coefficient (Wildman–Crippen LogP) is -1.49. The van der Waals surface area contributed by atoms with Crippen molar-refractivity contribution in [3.05, 3.63) is 18.3 Å². The van der Waals surface area contributed by atoms with Crippen LogP contribution in [0.4, 0.5) is 0 Å². The molecule has 1 saturated heterocycles. The smallest absolute Gasteiger partial charge is 0.180 e. The van der Waals surface area contributed by atoms with Crippen LogP contribution in [0.5, 0.6) is 0 Å². The Labute approximate surface area is 101 Å². The Morgan fingerprint density at radius 3 is 2.83 bits per heavy atom. The fourth-order valence-corrected chi connectivity index (χ4v) is 2.04. The van der Waals surface area contributed by atoms with E-state index >= 15 is 0 Å². The molecule has 96 valence electrons. The van der Waals surface area contributed by atoms with Crippen LogP contribution in [-0.4, -0.2) is 60.2 Å². The first-order chi connectivity index (χ1) is 8.70. The summed E-state index contributed by atoms with van der Waals surface area (Å²) in [4.78, 5) is 14.9. The highest BCUT2D eigenvalue weighted by Crippen LogP contribution is 2.32. The maximum Gasteiger partial charge on any atom is 0.180 e. The first-order valence-electron chi connectivity index (χ1n) is 5.49. The van der Waals surface area contributed by atoms with Crippen molar-refractivity contribution in [3.63, 3.8) is 0 Å². The van der Waals surface area contributed by atoms with E-state index in [1.807, 2.05) is 0 Å². The number of aliphatic hydroxyl groups excluding tert-OH is 3. The van der Waals surface area contributed by atoms with Crippen molar-refractivity contribution < 1.29 is 20.1 Å². The number of nitrogens with zero attached hydrogens (tertiary/aromatic N) is 3. The second kappa shape index (κ2) is 4.25. The average Bonchev–Trinajstić information content (AvgIpc) is 2.92. The number of hydrogen-bond donors (Lipinski definition) is 4. The summed E-state index contributed by atoms with van der Waals surface area (Å²) in [6, 6.07) is 0. The summed E-state index contributed by atoms with van der Waals surface area (Å²) < 4.78 is 5.36. The van der Waals surface area contributed by atoms with Crippen LogP contribution in [0.2, 0.25) is 0 Å². The fraction of sp³-hybridized carbons (Fsp3) is 0.500. The van der Waals surface area contributed by atoms with E-state index in [9.17, 15) is 10.2 Å². The van der Waals surface area contributed by atoms with Gasteiger partial charge in [-0.15, -0.1) is 0 Å². The maximum atomic E-state index is 9.86. The van der Waals surface area contributed by atoms with Crippen molar-refractivity contribution in [1.29, 1.82) is 0 Å². The van der Waals surface area contributed by atoms with Gasteiger partial charge in [0.2, 0.25) is 0 Å². The van der Waals surface area contributed by atoms with Gasteiger partial charge < -0.3 is 25.0 Å². The molecule has 3 rings (SSSR count). The molecule has 0 saturated carbocycles. The zero-order valence-corrected chi connectivity index (χ0v) is 9.26. The highest BCUT2D eigenvalue weighted by Gasteiger charge is 2.44. The minimum Gasteiger partial charge on any atom is -0.394 e. The Bertz CT molecular complexity index is 527. The molecule has 0 spiro atoms. The molecule has 4 atom stereocenters. The molecule has 0 bridgehead atoms. The molecule has 0 radical (unpaired) electrons. The molecule has 8 heteroatoms. The number of aromatic nitrogens is 4. The van der Waals surface area contributed by atoms with Gasteiger partial charge in [-0.1, -0.05) is 0 Å². The highest BCUT2D eigenvalue weighted by atomic mass is 16.6. The first kappa shape index (κ1) is 11.5. The van der Waals surface area contributed by atoms with Crippen LogP contribution in [0.3, 0.4) is 0 Å². The third-order valence-electron chi connectivity index (χ3n) is 2.99. The molecule has 2 aromatic heterocycles. The van der Waals surface area contributed by atoms with E-state index in [0.29, 0.717) is 17.0 Å². The van der Waals surface area contributed by atoms with E-state index < -0.39 is 24.4 Å². The molecule has 1 fully saturated rings. The lowest BCUT2D eigenvalue weighted by molar-refractivity contribution is -0.0249. The van der Waals surface area contributed by atoms with Crippen molar-refractivity contribution in [2.45, 2.75) is 24.4 Å². The number of aromatic amines is 1. The van der Waals surface area contributed by atoms with Gasteiger partial charge in [-0.2, -0.15) is 0 Å². The quantitative estimate of drug-likeness (QED) is 0.513. The summed E-state index contributed by atoms with van der Waals surface area (Å²) in [6.07, 6.45) is -0.990. The molecule has 8 nitrogen and oxygen atoms in total. The number of aliphatic hydroxyl groups is 3. The van der Waals surface area contributed by atoms with Gasteiger partial charge >= 0.3 is 0 Å². The zero-order valence-electron chi connectivity index (χ0n) is 9.26. The predicted molar refractivity (Wildman–Crippen MR) is 58.4 cm³/mol. The molecule has 2 aromatic rings. The number of imidazole rings is 1. The monoisotopic (exact) mass is 252 g/mol. The number of hydrogen-bond acceptors (Lipinski definition) is 7. The van der Waals surface area contributed by atoms with Crippen molar-refractivity contribution in [3.8, 4) is 0 Å². The molecule has 1 aliphatic rings. The van der Waals surface area contributed by atoms with E-state index in [0.717, 1.165) is 0 Å². The third-order valence-corrected chi connectivity index (χ3v) is 2.99. The van der Waals surface area contributed by atoms with Gasteiger partial charge in [0, 0.05) is 0 Å². The van der Waals surface area contributed by atoms with Gasteiger partial charge in [-0.25, -0.2) is 15.0 Å². The number of rotatable bonds is 2. The van der Waals surface area contributed by atoms with Crippen molar-refractivity contribution >= 4 is 11.2 Å². The van der Waals surface area contributed by atoms with Crippen molar-refractivity contribution in [2.75, 3.05) is 6.61 Å². The standard InChI is InChI=1S/C10H12N4O4/c15-2-5-6(16)7(17)8(18-5)10-13-4-1-11-3-12-9(4)14-10/h1,3,5-8,15-17H,2H2,(H,11,12,13,14)/t5-,6-,7-,8?/m0/s1. The Morgan fingerprint density at radius 1 is 1.33 bits per heavy atom. The van der Waals surface area contributed by atoms with Crippen LogP contribution in [0.15, 0.2) is 12.5 Å². The second-order valence-corrected chi connectivity index (χ2v) is 4.14. The van der Waals surface area contributed by atoms with Crippen molar-refractivity contribution in [2.24, 2.45) is 0 Å². The fourth-order valence-electron chi connectivity index (χ4n) is 2.04. The number of H-pyrrole nitrogens is 1. The summed E-state index contributed by atoms with van der Waals surface area (Å²) >= 11 is 0. The van der Waals surface area contributed by atoms with Crippen molar-refractivity contribution in [1.82, 2.24) is 19.9 Å². The average molecular weight is 252 g/mol. The van der Waals surface area contributed by atoms with E-state index in [-0.39, 0.29) is 6.61 Å². The van der Waals surface area contributed by atoms with E-state index in [1.165, 1.54) is 6.33 Å². The number of ether oxygens (including phenoxy) is 1. The zero-order chi connectivity index (χ0) is 12.7. The molecule has 0 amide bonds. The lowest BCUT2D eigenvalue weighted by Gasteiger charge is -2.11. The molecule has 1 unspecified atom stereocenters. The lowest BCUT2D eigenvalue weighted by Crippen LogP contribution is -2.32. The third kappa shape index (κ3) is 1.66. The van der Waals surface area contributed by atoms with Gasteiger partial charge in [-0.05, 0) is 0 Å². The summed E-state index contributed by atoms with van der Waals surface area (Å²) in [5.74, 6) is 0.355. The largest absolute Gasteiger partial charge is 0.394 e. The van der Waals surface area contributed by atoms with Crippen LogP contribution in [0.25, 0.3) is 11.2 Å². The van der Waals surface area contributed by atoms with Gasteiger partial charge in [0.15, 0.2) is 5.65 Å². The Kier molecular flexibility index (Phi) is 2.71. The Morgan fingerprint density at radius 2 is 2.17 bits per heavy atom. The van der Waals surface area contributed by atoms with Crippen LogP contribution >= 0.6 is 0 Å². The molecular weight excluding hydrogens is 240 g/mol. The summed E-state index contributed by atoms with van der Waals surface area (Å²) in [6.45, 7) is -0.366. The molecule has 0 aromatic carbocycles. The Balaban J connectivity index is 1.95. The molecular formula is C10H12N4O4. The van der Waals surface area contributed by atoms with Crippen LogP contribution in [-0.2, 0) is 4.74 Å². The first-order valence-corrected chi connectivity index (χ1v) is 5.49. The summed E-state index contributed by atoms with van der Waals surface area (Å²) in [7, 11) is 0. The van der Waals surface area contributed by atoms with Crippen LogP contribution < -0.4 is 0 Å². The van der Waals surface area contributed by atoms with E-state index in [2.05, 4.69) is 19.9 Å². The second-order valence-electron chi connectivity index (χ2n) is 4.14. The van der Waals surface area contributed by atoms with Gasteiger partial charge in [-0.3, -0.25) is 0 Å². The summed E-state index contributed by atoms with van der Waals surface area (Å²) in [5.41, 5.74) is 1.07. The van der Waals surface area contributed by atoms with Gasteiger partial charge in [0.25, 0.3) is 0 Å². The van der Waals surface area contributed by atoms with Gasteiger partial charge in [0.05, 0.1) is 12.8 Å². The SMILES string of the molecule is OC[C@@H]1OC(c2nc3ncncc3[nH]2)[C@@H](O)[C@H]1O. The molecule has 3 heterocycles. The lowest BCUT2D eigenvalue weighted by atomic mass is 10.1. The minimum atomic E-state index is -1.14. The molecule has 0 aliphatic carbocycles. The minimum absolute atomic E-state index is 0.355. The Hall–Kier alpha value is -1.61. The van der Waals surface area contributed by atoms with E-state index in [1.54, 1.807) is 6.20 Å². The highest BCUT2D eigenvalue weighted by molar-refractivity contribution is 5.68. The molecule has 4 N–H and O–H groups in total. The number of nitrogens with one attached hydrogen (secondary N) is 1. The van der Waals surface area contributed by atoms with E-state index in [4.69, 9.17) is 9.84 Å². The molecule has 18 heavy (non-hydrogen) atoms. The normalized spacial score (nSPS) is 32.2.